The third kappa shape index (κ3) is 12.5. The van der Waals surface area contributed by atoms with Crippen LogP contribution in [0.3, 0.4) is 0 Å². The van der Waals surface area contributed by atoms with Crippen LogP contribution >= 0.6 is 37.7 Å². The fourth-order valence-corrected chi connectivity index (χ4v) is 14.0. The summed E-state index contributed by atoms with van der Waals surface area (Å²) in [5.41, 5.74) is 19.9. The summed E-state index contributed by atoms with van der Waals surface area (Å²) in [5, 5.41) is 12.6. The number of nitrogens with zero attached hydrogens (tertiary/aromatic N) is 10. The maximum absolute atomic E-state index is 6.55. The van der Waals surface area contributed by atoms with Crippen LogP contribution in [0.4, 0.5) is 0 Å². The molecule has 468 valence electrons. The SMILES string of the molecule is Cc1cc(C)c(-c2cnc3c4[c-]c(Oc5[c-]c6c(cc5)c5cnccc5n5ccnc65)ccc4c4ccccc4n23)c(C)c1.Cc1cc(C)c(-c2cnc3c4cc(Oc5ccc6c7cnccc7n7ccnc7c6c5)ccc4c4ccccc4n23)c(C)c1.[Cl][Pt]([Cl])([Cl])[Cl].[K][K].[Pt+2]. The third-order valence-corrected chi connectivity index (χ3v) is 17.4. The summed E-state index contributed by atoms with van der Waals surface area (Å²) in [6.45, 7) is 13.0. The van der Waals surface area contributed by atoms with Crippen molar-refractivity contribution in [1.29, 1.82) is 0 Å². The first-order valence-electron chi connectivity index (χ1n) is 30.8. The summed E-state index contributed by atoms with van der Waals surface area (Å²) >= 11 is -0.556. The van der Waals surface area contributed by atoms with E-state index < -0.39 is 11.9 Å². The Balaban J connectivity index is 0.000000149. The van der Waals surface area contributed by atoms with Crippen molar-refractivity contribution in [2.24, 2.45) is 0 Å². The van der Waals surface area contributed by atoms with E-state index in [4.69, 9.17) is 57.1 Å². The number of aromatic nitrogens is 10. The van der Waals surface area contributed by atoms with Crippen LogP contribution in [0.25, 0.3) is 132 Å². The van der Waals surface area contributed by atoms with Crippen LogP contribution < -0.4 is 9.47 Å². The summed E-state index contributed by atoms with van der Waals surface area (Å²) in [5.74, 6) is 2.69. The van der Waals surface area contributed by atoms with E-state index in [1.165, 1.54) is 113 Å². The molecule has 0 spiro atoms. The van der Waals surface area contributed by atoms with Crippen LogP contribution in [-0.4, -0.2) is 111 Å². The molecule has 0 fully saturated rings. The average molecular weight is 1750 g/mol. The van der Waals surface area contributed by atoms with Crippen molar-refractivity contribution in [2.45, 2.75) is 41.5 Å². The van der Waals surface area contributed by atoms with Crippen molar-refractivity contribution in [3.63, 3.8) is 0 Å². The summed E-state index contributed by atoms with van der Waals surface area (Å²) < 4.78 is 21.7. The molecule has 0 amide bonds. The molecule has 8 aromatic carbocycles. The Bertz CT molecular complexity index is 5730. The molecule has 12 nitrogen and oxygen atoms in total. The molecule has 18 aromatic rings. The van der Waals surface area contributed by atoms with Crippen LogP contribution in [0.15, 0.2) is 208 Å². The summed E-state index contributed by atoms with van der Waals surface area (Å²) in [6.07, 6.45) is 19.0. The smallest absolute Gasteiger partial charge is 2.00 e. The zero-order chi connectivity index (χ0) is 65.6. The van der Waals surface area contributed by atoms with Gasteiger partial charge in [0.1, 0.15) is 22.8 Å². The topological polar surface area (TPSA) is 113 Å². The van der Waals surface area contributed by atoms with Gasteiger partial charge < -0.3 is 18.3 Å². The van der Waals surface area contributed by atoms with Gasteiger partial charge in [0, 0.05) is 111 Å². The van der Waals surface area contributed by atoms with Crippen LogP contribution in [0, 0.1) is 53.7 Å². The molecule has 0 unspecified atom stereocenters. The molecule has 0 radical (unpaired) electrons. The first-order valence-corrected chi connectivity index (χ1v) is 58.1. The minimum absolute atomic E-state index is 0. The van der Waals surface area contributed by atoms with Gasteiger partial charge in [-0.15, -0.1) is 12.1 Å². The molecular formula is C76H52Cl4K2N10O2Pt2. The molecular weight excluding hydrogens is 1700 g/mol. The van der Waals surface area contributed by atoms with E-state index in [0.29, 0.717) is 11.5 Å². The number of hydrogen-bond acceptors (Lipinski definition) is 8. The number of benzene rings is 8. The number of hydrogen-bond donors (Lipinski definition) is 0. The molecule has 10 heterocycles. The summed E-state index contributed by atoms with van der Waals surface area (Å²) in [6, 6.07) is 57.7. The van der Waals surface area contributed by atoms with Crippen molar-refractivity contribution in [1.82, 2.24) is 47.5 Å². The Morgan fingerprint density at radius 2 is 0.802 bits per heavy atom. The summed E-state index contributed by atoms with van der Waals surface area (Å²) in [4.78, 5) is 28.0. The van der Waals surface area contributed by atoms with E-state index in [1.54, 1.807) is 12.4 Å². The Kier molecular flexibility index (Phi) is 19.5. The molecule has 0 N–H and O–H groups in total. The minimum Gasteiger partial charge on any atom is 2.00 e. The first-order chi connectivity index (χ1) is 46.1. The molecule has 0 aliphatic heterocycles. The first kappa shape index (κ1) is 67.5. The largest absolute Gasteiger partial charge is 2.00 e. The number of rotatable bonds is 6. The Morgan fingerprint density at radius 1 is 0.385 bits per heavy atom. The number of imidazole rings is 4. The molecule has 0 saturated heterocycles. The summed E-state index contributed by atoms with van der Waals surface area (Å²) in [7, 11) is 20.0. The number of fused-ring (bicyclic) bond motifs is 24. The van der Waals surface area contributed by atoms with E-state index in [9.17, 15) is 0 Å². The number of ether oxygens (including phenoxy) is 2. The van der Waals surface area contributed by atoms with Gasteiger partial charge in [0.2, 0.25) is 0 Å². The van der Waals surface area contributed by atoms with E-state index in [0.717, 1.165) is 127 Å². The van der Waals surface area contributed by atoms with Crippen LogP contribution in [0.2, 0.25) is 0 Å². The number of halogens is 4. The number of pyridine rings is 6. The third-order valence-electron chi connectivity index (χ3n) is 17.4. The second-order valence-corrected chi connectivity index (χ2v) is 43.0. The average Bonchev–Trinajstić information content (AvgIpc) is 1.45. The Morgan fingerprint density at radius 3 is 1.34 bits per heavy atom. The van der Waals surface area contributed by atoms with Gasteiger partial charge in [-0.2, -0.15) is 0 Å². The zero-order valence-corrected chi connectivity index (χ0v) is 66.9. The van der Waals surface area contributed by atoms with Gasteiger partial charge in [-0.25, -0.2) is 9.97 Å². The van der Waals surface area contributed by atoms with Crippen LogP contribution in [0.5, 0.6) is 23.0 Å². The molecule has 18 rings (SSSR count). The quantitative estimate of drug-likeness (QED) is 0.0919. The van der Waals surface area contributed by atoms with E-state index >= 15 is 0 Å². The van der Waals surface area contributed by atoms with Crippen molar-refractivity contribution in [2.75, 3.05) is 0 Å². The van der Waals surface area contributed by atoms with Gasteiger partial charge in [0.15, 0.2) is 0 Å². The maximum atomic E-state index is 6.55. The van der Waals surface area contributed by atoms with Crippen molar-refractivity contribution >= 4 is 210 Å². The molecule has 0 atom stereocenters. The van der Waals surface area contributed by atoms with Gasteiger partial charge in [-0.05, 0) is 146 Å². The van der Waals surface area contributed by atoms with Crippen LogP contribution in [0.1, 0.15) is 33.4 Å². The molecule has 10 aromatic heterocycles. The molecule has 0 bridgehead atoms. The van der Waals surface area contributed by atoms with Crippen LogP contribution in [-0.2, 0) is 33.0 Å². The predicted octanol–water partition coefficient (Wildman–Crippen LogP) is 20.3. The second kappa shape index (κ2) is 27.8. The van der Waals surface area contributed by atoms with Gasteiger partial charge in [-0.1, -0.05) is 118 Å². The number of aryl methyl sites for hydroxylation is 6. The molecule has 0 aliphatic rings. The zero-order valence-electron chi connectivity index (χ0n) is 53.1. The van der Waals surface area contributed by atoms with E-state index in [1.807, 2.05) is 86.0 Å². The van der Waals surface area contributed by atoms with E-state index in [-0.39, 0.29) is 21.1 Å². The van der Waals surface area contributed by atoms with Gasteiger partial charge in [0.25, 0.3) is 0 Å². The maximum Gasteiger partial charge on any atom is 2.00 e. The van der Waals surface area contributed by atoms with Gasteiger partial charge >= 0.3 is 134 Å². The monoisotopic (exact) mass is 1740 g/mol. The normalized spacial score (nSPS) is 11.9. The van der Waals surface area contributed by atoms with Crippen molar-refractivity contribution in [3.05, 3.63) is 253 Å². The molecule has 0 saturated carbocycles. The fourth-order valence-electron chi connectivity index (χ4n) is 14.0. The standard InChI is InChI=1S/C38H27N5O.C38H25N5O.4ClH.2K.2Pt/c2*1-22-16-23(2)36(24(3)17-22)35-21-41-38-31-19-26(8-10-27(31)29-6-4-5-7-34(29)43(35)38)44-25-9-11-28-30(18-25)37-40-14-15-42(37)33-12-13-39-20-32(28)33;;;;;;;;/h4-21H,1-3H3;4-17,20-21H,1-3H3;4*1H;;;;/q;-2;;;;;;;+2;+4/p-4. The fraction of sp³-hybridized carbons (Fsp3) is 0.0789. The molecule has 20 heteroatoms. The predicted molar refractivity (Wildman–Crippen MR) is 388 cm³/mol. The minimum atomic E-state index is -3.06. The second-order valence-electron chi connectivity index (χ2n) is 23.3. The van der Waals surface area contributed by atoms with Gasteiger partial charge in [-0.3, -0.25) is 28.7 Å². The van der Waals surface area contributed by atoms with Crippen molar-refractivity contribution in [3.8, 4) is 45.5 Å². The number of para-hydroxylation sites is 2. The van der Waals surface area contributed by atoms with Gasteiger partial charge in [0.05, 0.1) is 39.9 Å². The Hall–Kier alpha value is -5.69. The van der Waals surface area contributed by atoms with Crippen molar-refractivity contribution < 1.29 is 42.4 Å². The molecule has 0 aliphatic carbocycles. The molecule has 96 heavy (non-hydrogen) atoms. The Labute approximate surface area is 630 Å². The van der Waals surface area contributed by atoms with E-state index in [2.05, 4.69) is 200 Å².